The molecule has 0 aliphatic rings. The number of aliphatic carboxylic acids is 1. The number of carbonyl (C=O) groups is 4. The summed E-state index contributed by atoms with van der Waals surface area (Å²) in [7, 11) is 0. The lowest BCUT2D eigenvalue weighted by Gasteiger charge is -2.27. The Kier molecular flexibility index (Phi) is 11.7. The molecule has 1 aromatic heterocycles. The standard InChI is InChI=1S/C26H40N6O6/c1-14(2)22(25(36)30-19(26(37)38)10-6-7-11-27)32-23(34)20(31-24(35)21(28)15(3)33)12-16-13-29-18-9-5-4-8-17(16)18/h4-5,8-9,13-15,19-22,29,33H,6-7,10-12,27-28H2,1-3H3,(H,30,36)(H,31,35)(H,32,34)(H,37,38). The highest BCUT2D eigenvalue weighted by Gasteiger charge is 2.32. The van der Waals surface area contributed by atoms with Crippen molar-refractivity contribution in [2.45, 2.75) is 76.7 Å². The van der Waals surface area contributed by atoms with E-state index in [1.807, 2.05) is 24.3 Å². The van der Waals surface area contributed by atoms with Crippen LogP contribution in [0.2, 0.25) is 0 Å². The van der Waals surface area contributed by atoms with E-state index in [1.54, 1.807) is 20.0 Å². The molecule has 2 aromatic rings. The molecule has 12 heteroatoms. The van der Waals surface area contributed by atoms with Crippen LogP contribution >= 0.6 is 0 Å². The first-order valence-corrected chi connectivity index (χ1v) is 12.8. The Hall–Kier alpha value is -3.48. The van der Waals surface area contributed by atoms with Crippen LogP contribution in [-0.4, -0.2) is 75.7 Å². The minimum atomic E-state index is -1.26. The van der Waals surface area contributed by atoms with E-state index in [4.69, 9.17) is 11.5 Å². The number of carboxylic acids is 1. The van der Waals surface area contributed by atoms with Crippen LogP contribution in [0.4, 0.5) is 0 Å². The fourth-order valence-electron chi connectivity index (χ4n) is 4.02. The average molecular weight is 533 g/mol. The number of aliphatic hydroxyl groups excluding tert-OH is 1. The number of aromatic amines is 1. The Labute approximate surface area is 221 Å². The first kappa shape index (κ1) is 30.7. The van der Waals surface area contributed by atoms with Crippen LogP contribution in [0.3, 0.4) is 0 Å². The van der Waals surface area contributed by atoms with Gasteiger partial charge in [0.1, 0.15) is 24.2 Å². The predicted octanol–water partition coefficient (Wildman–Crippen LogP) is -0.257. The largest absolute Gasteiger partial charge is 0.480 e. The van der Waals surface area contributed by atoms with E-state index in [0.717, 1.165) is 16.5 Å². The van der Waals surface area contributed by atoms with Crippen molar-refractivity contribution in [1.82, 2.24) is 20.9 Å². The number of para-hydroxylation sites is 1. The van der Waals surface area contributed by atoms with Crippen LogP contribution in [0.1, 0.15) is 45.6 Å². The smallest absolute Gasteiger partial charge is 0.326 e. The van der Waals surface area contributed by atoms with Gasteiger partial charge in [0.2, 0.25) is 17.7 Å². The molecule has 0 saturated heterocycles. The SMILES string of the molecule is CC(C)C(NC(=O)C(Cc1c[nH]c2ccccc12)NC(=O)C(N)C(C)O)C(=O)NC(CCCCN)C(=O)O. The molecule has 2 rings (SSSR count). The summed E-state index contributed by atoms with van der Waals surface area (Å²) in [5.41, 5.74) is 12.9. The molecule has 0 aliphatic heterocycles. The quantitative estimate of drug-likeness (QED) is 0.143. The Bertz CT molecular complexity index is 1100. The summed E-state index contributed by atoms with van der Waals surface area (Å²) in [6, 6.07) is 2.89. The zero-order valence-electron chi connectivity index (χ0n) is 22.1. The summed E-state index contributed by atoms with van der Waals surface area (Å²) < 4.78 is 0. The molecule has 38 heavy (non-hydrogen) atoms. The first-order chi connectivity index (χ1) is 18.0. The summed E-state index contributed by atoms with van der Waals surface area (Å²) in [6.07, 6.45) is 2.01. The van der Waals surface area contributed by atoms with E-state index >= 15 is 0 Å². The normalized spacial score (nSPS) is 15.3. The number of aromatic nitrogens is 1. The molecule has 5 unspecified atom stereocenters. The molecule has 0 aliphatic carbocycles. The van der Waals surface area contributed by atoms with Crippen LogP contribution < -0.4 is 27.4 Å². The molecule has 1 heterocycles. The second-order valence-electron chi connectivity index (χ2n) is 9.81. The number of rotatable bonds is 15. The number of carboxylic acid groups (broad SMARTS) is 1. The Balaban J connectivity index is 2.25. The number of carbonyl (C=O) groups excluding carboxylic acids is 3. The molecule has 0 bridgehead atoms. The van der Waals surface area contributed by atoms with Gasteiger partial charge in [-0.1, -0.05) is 32.0 Å². The van der Waals surface area contributed by atoms with E-state index in [0.29, 0.717) is 19.4 Å². The van der Waals surface area contributed by atoms with E-state index in [1.165, 1.54) is 6.92 Å². The van der Waals surface area contributed by atoms with Gasteiger partial charge in [-0.3, -0.25) is 14.4 Å². The van der Waals surface area contributed by atoms with E-state index in [2.05, 4.69) is 20.9 Å². The van der Waals surface area contributed by atoms with Gasteiger partial charge in [-0.05, 0) is 50.3 Å². The van der Waals surface area contributed by atoms with Crippen molar-refractivity contribution in [3.63, 3.8) is 0 Å². The number of amides is 3. The fourth-order valence-corrected chi connectivity index (χ4v) is 4.02. The van der Waals surface area contributed by atoms with Crippen LogP contribution in [0.25, 0.3) is 10.9 Å². The van der Waals surface area contributed by atoms with Crippen molar-refractivity contribution in [1.29, 1.82) is 0 Å². The number of hydrogen-bond donors (Lipinski definition) is 8. The van der Waals surface area contributed by atoms with Crippen LogP contribution in [0.5, 0.6) is 0 Å². The molecule has 3 amide bonds. The lowest BCUT2D eigenvalue weighted by molar-refractivity contribution is -0.142. The van der Waals surface area contributed by atoms with Crippen molar-refractivity contribution in [2.75, 3.05) is 6.54 Å². The second-order valence-corrected chi connectivity index (χ2v) is 9.81. The molecule has 0 saturated carbocycles. The van der Waals surface area contributed by atoms with Crippen molar-refractivity contribution in [3.8, 4) is 0 Å². The molecule has 5 atom stereocenters. The molecule has 1 aromatic carbocycles. The van der Waals surface area contributed by atoms with Gasteiger partial charge in [-0.15, -0.1) is 0 Å². The van der Waals surface area contributed by atoms with E-state index in [-0.39, 0.29) is 18.8 Å². The number of nitrogens with two attached hydrogens (primary N) is 2. The van der Waals surface area contributed by atoms with Crippen molar-refractivity contribution >= 4 is 34.6 Å². The molecule has 10 N–H and O–H groups in total. The zero-order chi connectivity index (χ0) is 28.4. The van der Waals surface area contributed by atoms with Crippen LogP contribution in [0.15, 0.2) is 30.5 Å². The average Bonchev–Trinajstić information content (AvgIpc) is 3.27. The maximum absolute atomic E-state index is 13.4. The molecule has 0 radical (unpaired) electrons. The number of nitrogens with one attached hydrogen (secondary N) is 4. The maximum Gasteiger partial charge on any atom is 0.326 e. The topological polar surface area (TPSA) is 213 Å². The molecule has 0 spiro atoms. The predicted molar refractivity (Wildman–Crippen MR) is 143 cm³/mol. The third kappa shape index (κ3) is 8.54. The third-order valence-corrected chi connectivity index (χ3v) is 6.36. The first-order valence-electron chi connectivity index (χ1n) is 12.8. The van der Waals surface area contributed by atoms with Crippen LogP contribution in [0, 0.1) is 5.92 Å². The van der Waals surface area contributed by atoms with Crippen molar-refractivity contribution < 1.29 is 29.4 Å². The molecule has 210 valence electrons. The highest BCUT2D eigenvalue weighted by atomic mass is 16.4. The van der Waals surface area contributed by atoms with Crippen molar-refractivity contribution in [2.24, 2.45) is 17.4 Å². The summed E-state index contributed by atoms with van der Waals surface area (Å²) in [6.45, 7) is 5.20. The molecular weight excluding hydrogens is 492 g/mol. The Morgan fingerprint density at radius 3 is 2.21 bits per heavy atom. The van der Waals surface area contributed by atoms with Gasteiger partial charge in [0.25, 0.3) is 0 Å². The minimum Gasteiger partial charge on any atom is -0.480 e. The van der Waals surface area contributed by atoms with Gasteiger partial charge in [-0.25, -0.2) is 4.79 Å². The minimum absolute atomic E-state index is 0.0807. The Morgan fingerprint density at radius 2 is 1.61 bits per heavy atom. The third-order valence-electron chi connectivity index (χ3n) is 6.36. The number of unbranched alkanes of at least 4 members (excludes halogenated alkanes) is 1. The van der Waals surface area contributed by atoms with E-state index < -0.39 is 54.0 Å². The summed E-state index contributed by atoms with van der Waals surface area (Å²) in [4.78, 5) is 53.9. The molecule has 0 fully saturated rings. The second kappa shape index (κ2) is 14.5. The fraction of sp³-hybridized carbons (Fsp3) is 0.538. The molecular formula is C26H40N6O6. The van der Waals surface area contributed by atoms with Gasteiger partial charge in [0, 0.05) is 23.5 Å². The van der Waals surface area contributed by atoms with Gasteiger partial charge in [0.05, 0.1) is 6.10 Å². The number of fused-ring (bicyclic) bond motifs is 1. The van der Waals surface area contributed by atoms with Crippen molar-refractivity contribution in [3.05, 3.63) is 36.0 Å². The zero-order valence-corrected chi connectivity index (χ0v) is 22.1. The van der Waals surface area contributed by atoms with Gasteiger partial charge in [-0.2, -0.15) is 0 Å². The molecule has 12 nitrogen and oxygen atoms in total. The van der Waals surface area contributed by atoms with Crippen LogP contribution in [-0.2, 0) is 25.6 Å². The van der Waals surface area contributed by atoms with Gasteiger partial charge in [0.15, 0.2) is 0 Å². The number of aliphatic hydroxyl groups is 1. The Morgan fingerprint density at radius 1 is 0.947 bits per heavy atom. The lowest BCUT2D eigenvalue weighted by atomic mass is 9.99. The highest BCUT2D eigenvalue weighted by Crippen LogP contribution is 2.19. The monoisotopic (exact) mass is 532 g/mol. The summed E-state index contributed by atoms with van der Waals surface area (Å²) in [5, 5.41) is 27.9. The highest BCUT2D eigenvalue weighted by molar-refractivity contribution is 5.95. The summed E-state index contributed by atoms with van der Waals surface area (Å²) >= 11 is 0. The number of hydrogen-bond acceptors (Lipinski definition) is 7. The maximum atomic E-state index is 13.4. The van der Waals surface area contributed by atoms with Gasteiger partial charge < -0.3 is 42.6 Å². The number of H-pyrrole nitrogens is 1. The lowest BCUT2D eigenvalue weighted by Crippen LogP contribution is -2.59. The van der Waals surface area contributed by atoms with E-state index in [9.17, 15) is 29.4 Å². The van der Waals surface area contributed by atoms with Gasteiger partial charge >= 0.3 is 5.97 Å². The summed E-state index contributed by atoms with van der Waals surface area (Å²) in [5.74, 6) is -3.59. The number of benzene rings is 1.